The molecule has 3 unspecified atom stereocenters. The van der Waals surface area contributed by atoms with Crippen LogP contribution in [-0.2, 0) is 10.2 Å². The van der Waals surface area contributed by atoms with E-state index in [1.807, 2.05) is 13.8 Å². The van der Waals surface area contributed by atoms with Crippen LogP contribution in [0, 0.1) is 34.3 Å². The maximum absolute atomic E-state index is 15.0. The first kappa shape index (κ1) is 35.0. The number of hydrogen-bond acceptors (Lipinski definition) is 5. The average molecular weight is 645 g/mol. The van der Waals surface area contributed by atoms with Crippen LogP contribution in [0.5, 0.6) is 5.75 Å². The molecule has 3 aromatic carbocycles. The zero-order valence-corrected chi connectivity index (χ0v) is 27.1. The van der Waals surface area contributed by atoms with Gasteiger partial charge in [0.1, 0.15) is 22.8 Å². The number of nitrogens with one attached hydrogen (secondary N) is 2. The lowest BCUT2D eigenvalue weighted by molar-refractivity contribution is -0.105. The Morgan fingerprint density at radius 1 is 1.18 bits per heavy atom. The number of halogens is 4. The van der Waals surface area contributed by atoms with Crippen molar-refractivity contribution in [3.05, 3.63) is 93.0 Å². The Bertz CT molecular complexity index is 1550. The van der Waals surface area contributed by atoms with Crippen LogP contribution < -0.4 is 15.4 Å². The standard InChI is InChI=1S/C22H22Cl2F2N2.C12H15NO3/c1-21(2,3)10-19-22(12-27,15-8-7-13(23)9-18(15)25)16(11-28-19)14-5-4-6-17(24)20(14)26;1-8(2)12(15)9-4-5-10(13-7-14)11(6-9)16-3/h4-9,16,19,28H,10-11H2,1-3H3;4-8H,1-3H3,(H,13,14). The minimum absolute atomic E-state index is 0.0137. The van der Waals surface area contributed by atoms with Gasteiger partial charge in [0, 0.05) is 40.6 Å². The van der Waals surface area contributed by atoms with Crippen molar-refractivity contribution in [1.82, 2.24) is 5.32 Å². The Morgan fingerprint density at radius 3 is 2.45 bits per heavy atom. The second kappa shape index (κ2) is 14.5. The molecule has 234 valence electrons. The molecule has 0 aliphatic carbocycles. The summed E-state index contributed by atoms with van der Waals surface area (Å²) in [7, 11) is 1.49. The van der Waals surface area contributed by atoms with Crippen molar-refractivity contribution in [3.63, 3.8) is 0 Å². The first-order chi connectivity index (χ1) is 20.7. The number of ether oxygens (including phenoxy) is 1. The van der Waals surface area contributed by atoms with E-state index in [1.54, 1.807) is 42.5 Å². The molecule has 1 aliphatic rings. The maximum Gasteiger partial charge on any atom is 0.211 e. The summed E-state index contributed by atoms with van der Waals surface area (Å²) in [5, 5.41) is 16.5. The second-order valence-electron chi connectivity index (χ2n) is 12.2. The Balaban J connectivity index is 0.000000281. The number of ketones is 1. The third kappa shape index (κ3) is 7.58. The van der Waals surface area contributed by atoms with E-state index in [0.717, 1.165) is 0 Å². The number of nitrogens with zero attached hydrogens (tertiary/aromatic N) is 1. The molecule has 1 amide bonds. The number of carbonyl (C=O) groups excluding carboxylic acids is 2. The second-order valence-corrected chi connectivity index (χ2v) is 13.1. The van der Waals surface area contributed by atoms with Crippen LogP contribution in [0.2, 0.25) is 10.0 Å². The lowest BCUT2D eigenvalue weighted by atomic mass is 9.64. The maximum atomic E-state index is 15.0. The zero-order valence-electron chi connectivity index (χ0n) is 25.6. The van der Waals surface area contributed by atoms with Gasteiger partial charge < -0.3 is 15.4 Å². The summed E-state index contributed by atoms with van der Waals surface area (Å²) in [5.74, 6) is -1.26. The number of hydrogen-bond donors (Lipinski definition) is 2. The van der Waals surface area contributed by atoms with Crippen molar-refractivity contribution >= 4 is 41.1 Å². The molecule has 10 heteroatoms. The number of carbonyl (C=O) groups is 2. The van der Waals surface area contributed by atoms with Crippen LogP contribution in [-0.4, -0.2) is 31.9 Å². The lowest BCUT2D eigenvalue weighted by Gasteiger charge is -2.37. The fraction of sp³-hybridized carbons (Fsp3) is 0.382. The van der Waals surface area contributed by atoms with Crippen molar-refractivity contribution in [2.75, 3.05) is 19.0 Å². The lowest BCUT2D eigenvalue weighted by Crippen LogP contribution is -2.44. The van der Waals surface area contributed by atoms with Gasteiger partial charge in [0.2, 0.25) is 6.41 Å². The molecule has 3 atom stereocenters. The van der Waals surface area contributed by atoms with E-state index in [2.05, 4.69) is 37.5 Å². The summed E-state index contributed by atoms with van der Waals surface area (Å²) in [6.45, 7) is 10.2. The SMILES string of the molecule is CC(C)(C)CC1NCC(c2cccc(Cl)c2F)C1(C#N)c1ccc(Cl)cc1F.COc1cc(C(=O)C(C)C)ccc1NC=O. The molecule has 0 aromatic heterocycles. The highest BCUT2D eigenvalue weighted by molar-refractivity contribution is 6.31. The topological polar surface area (TPSA) is 91.2 Å². The van der Waals surface area contributed by atoms with E-state index >= 15 is 4.39 Å². The number of rotatable bonds is 8. The van der Waals surface area contributed by atoms with Crippen LogP contribution in [0.15, 0.2) is 54.6 Å². The smallest absolute Gasteiger partial charge is 0.211 e. The molecule has 1 fully saturated rings. The van der Waals surface area contributed by atoms with E-state index in [-0.39, 0.29) is 38.8 Å². The molecule has 1 aliphatic heterocycles. The summed E-state index contributed by atoms with van der Waals surface area (Å²) < 4.78 is 35.0. The predicted octanol–water partition coefficient (Wildman–Crippen LogP) is 8.33. The van der Waals surface area contributed by atoms with E-state index < -0.39 is 23.0 Å². The molecule has 1 heterocycles. The molecule has 4 rings (SSSR count). The van der Waals surface area contributed by atoms with E-state index in [4.69, 9.17) is 27.9 Å². The highest BCUT2D eigenvalue weighted by atomic mass is 35.5. The number of nitriles is 1. The van der Waals surface area contributed by atoms with Crippen molar-refractivity contribution in [3.8, 4) is 11.8 Å². The summed E-state index contributed by atoms with van der Waals surface area (Å²) >= 11 is 11.9. The van der Waals surface area contributed by atoms with Crippen molar-refractivity contribution < 1.29 is 23.1 Å². The van der Waals surface area contributed by atoms with Crippen LogP contribution in [0.4, 0.5) is 14.5 Å². The van der Waals surface area contributed by atoms with Gasteiger partial charge in [-0.3, -0.25) is 9.59 Å². The zero-order chi connectivity index (χ0) is 32.8. The Hall–Kier alpha value is -3.51. The van der Waals surface area contributed by atoms with Gasteiger partial charge in [0.15, 0.2) is 5.78 Å². The largest absolute Gasteiger partial charge is 0.495 e. The molecule has 6 nitrogen and oxygen atoms in total. The fourth-order valence-corrected chi connectivity index (χ4v) is 5.93. The summed E-state index contributed by atoms with van der Waals surface area (Å²) in [5.41, 5.74) is 0.259. The Kier molecular flexibility index (Phi) is 11.5. The van der Waals surface area contributed by atoms with Gasteiger partial charge in [-0.15, -0.1) is 0 Å². The van der Waals surface area contributed by atoms with Gasteiger partial charge in [-0.05, 0) is 53.8 Å². The quantitative estimate of drug-likeness (QED) is 0.190. The summed E-state index contributed by atoms with van der Waals surface area (Å²) in [6.07, 6.45) is 1.18. The molecular formula is C34H37Cl2F2N3O3. The molecule has 3 aromatic rings. The van der Waals surface area contributed by atoms with Crippen LogP contribution >= 0.6 is 23.2 Å². The number of Topliss-reactive ketones (excluding diaryl/α,β-unsaturated/α-hetero) is 1. The van der Waals surface area contributed by atoms with E-state index in [1.165, 1.54) is 19.2 Å². The molecule has 0 bridgehead atoms. The van der Waals surface area contributed by atoms with Crippen molar-refractivity contribution in [2.24, 2.45) is 11.3 Å². The molecule has 44 heavy (non-hydrogen) atoms. The van der Waals surface area contributed by atoms with Gasteiger partial charge in [-0.25, -0.2) is 8.78 Å². The normalized spacial score (nSPS) is 19.5. The summed E-state index contributed by atoms with van der Waals surface area (Å²) in [4.78, 5) is 22.1. The molecule has 0 spiro atoms. The highest BCUT2D eigenvalue weighted by Crippen LogP contribution is 2.50. The van der Waals surface area contributed by atoms with Crippen molar-refractivity contribution in [1.29, 1.82) is 5.26 Å². The minimum Gasteiger partial charge on any atom is -0.495 e. The fourth-order valence-electron chi connectivity index (χ4n) is 5.59. The van der Waals surface area contributed by atoms with Gasteiger partial charge in [-0.2, -0.15) is 5.26 Å². The van der Waals surface area contributed by atoms with Crippen LogP contribution in [0.25, 0.3) is 0 Å². The molecule has 1 saturated heterocycles. The van der Waals surface area contributed by atoms with Gasteiger partial charge in [-0.1, -0.05) is 76.0 Å². The predicted molar refractivity (Wildman–Crippen MR) is 171 cm³/mol. The third-order valence-electron chi connectivity index (χ3n) is 7.63. The number of amides is 1. The van der Waals surface area contributed by atoms with Gasteiger partial charge in [0.25, 0.3) is 0 Å². The molecule has 0 saturated carbocycles. The van der Waals surface area contributed by atoms with Crippen LogP contribution in [0.3, 0.4) is 0 Å². The molecule has 2 N–H and O–H groups in total. The Morgan fingerprint density at radius 2 is 1.89 bits per heavy atom. The molecular weight excluding hydrogens is 607 g/mol. The average Bonchev–Trinajstić information content (AvgIpc) is 3.31. The monoisotopic (exact) mass is 643 g/mol. The van der Waals surface area contributed by atoms with E-state index in [9.17, 15) is 19.2 Å². The van der Waals surface area contributed by atoms with Gasteiger partial charge in [0.05, 0.1) is 23.9 Å². The van der Waals surface area contributed by atoms with Gasteiger partial charge >= 0.3 is 0 Å². The minimum atomic E-state index is -1.30. The first-order valence-corrected chi connectivity index (χ1v) is 14.9. The number of methoxy groups -OCH3 is 1. The van der Waals surface area contributed by atoms with Crippen LogP contribution in [0.1, 0.15) is 68.4 Å². The molecule has 0 radical (unpaired) electrons. The number of benzene rings is 3. The third-order valence-corrected chi connectivity index (χ3v) is 8.15. The van der Waals surface area contributed by atoms with E-state index in [0.29, 0.717) is 41.9 Å². The highest BCUT2D eigenvalue weighted by Gasteiger charge is 2.55. The first-order valence-electron chi connectivity index (χ1n) is 14.2. The Labute approximate surface area is 267 Å². The summed E-state index contributed by atoms with van der Waals surface area (Å²) in [6, 6.07) is 16.0. The number of anilines is 1. The van der Waals surface area contributed by atoms with Crippen molar-refractivity contribution in [2.45, 2.75) is 58.4 Å².